The van der Waals surface area contributed by atoms with E-state index in [0.29, 0.717) is 17.5 Å². The number of carbonyl (C=O) groups excluding carboxylic acids is 1. The number of hydrogen-bond acceptors (Lipinski definition) is 14. The van der Waals surface area contributed by atoms with Gasteiger partial charge in [-0.25, -0.2) is 9.78 Å². The minimum absolute atomic E-state index is 0.0176. The Morgan fingerprint density at radius 3 is 1.93 bits per heavy atom. The Hall–Kier alpha value is -7.82. The zero-order valence-electron chi connectivity index (χ0n) is 45.3. The van der Waals surface area contributed by atoms with E-state index in [1.807, 2.05) is 115 Å². The highest BCUT2D eigenvalue weighted by molar-refractivity contribution is 7.01. The molecule has 19 nitrogen and oxygen atoms in total. The highest BCUT2D eigenvalue weighted by Gasteiger charge is 2.48. The van der Waals surface area contributed by atoms with Crippen molar-refractivity contribution in [2.75, 3.05) is 32.8 Å². The number of aliphatic hydroxyl groups excluding tert-OH is 1. The Morgan fingerprint density at radius 1 is 0.762 bits per heavy atom. The number of carbonyl (C=O) groups is 1. The van der Waals surface area contributed by atoms with Crippen LogP contribution in [0.25, 0.3) is 11.2 Å². The summed E-state index contributed by atoms with van der Waals surface area (Å²) >= 11 is 0. The van der Waals surface area contributed by atoms with Gasteiger partial charge in [0, 0.05) is 37.1 Å². The van der Waals surface area contributed by atoms with Gasteiger partial charge in [-0.15, -0.1) is 0 Å². The monoisotopic (exact) mass is 1100 g/mol. The van der Waals surface area contributed by atoms with Crippen molar-refractivity contribution >= 4 is 41.5 Å². The summed E-state index contributed by atoms with van der Waals surface area (Å²) < 4.78 is 49.3. The molecule has 80 heavy (non-hydrogen) atoms. The van der Waals surface area contributed by atoms with Crippen LogP contribution in [0.4, 0.5) is 5.95 Å². The number of nitrogens with one attached hydrogen (secondary N) is 3. The standard InChI is InChI=1S/C60H65N7O12Si/c1-37(2)54(69)63-58-62-53-51(56(71)64-58)61-36-67(53)50-33-47(79-60(39-16-10-7-11-17-39,40-22-26-42(73-4)27-23-40)41-24-28-43(74-5)29-25-41)48(77-50)35-76-57(52-46(68)32-49(78-52)66-34-38(3)55(70)65-59(66)72)75-30-31-80(6,44-18-12-8-13-19-44)45-20-14-9-15-21-45/h7-29,34,36-37,46-50,52,57,68H,30-33,35H2,1-6H3,(H,65,70,72)(H2,62,63,64,69,71)/t46-,47-,48+,49+,50+,52-,57?/m0/s1. The predicted molar refractivity (Wildman–Crippen MR) is 302 cm³/mol. The maximum Gasteiger partial charge on any atom is 0.330 e. The molecule has 4 N–H and O–H groups in total. The first-order valence-electron chi connectivity index (χ1n) is 26.6. The third-order valence-corrected chi connectivity index (χ3v) is 19.6. The van der Waals surface area contributed by atoms with Gasteiger partial charge in [-0.1, -0.05) is 146 Å². The SMILES string of the molecule is COc1ccc(C(O[C@H]2C[C@H](n3cnc4c(=O)[nH]c(NC(=O)C(C)C)nc43)O[C@@H]2COC(OCC[Si](C)(c2ccccc2)c2ccccc2)[C@H]2O[C@@H](n3cc(C)c(=O)[nH]c3=O)C[C@@H]2O)(c2ccccc2)c2ccc(OC)cc2)cc1. The second kappa shape index (κ2) is 23.9. The number of aromatic nitrogens is 6. The molecule has 0 spiro atoms. The van der Waals surface area contributed by atoms with Crippen LogP contribution >= 0.6 is 0 Å². The minimum atomic E-state index is -2.48. The highest BCUT2D eigenvalue weighted by atomic mass is 28.3. The summed E-state index contributed by atoms with van der Waals surface area (Å²) in [5, 5.41) is 17.1. The number of aliphatic hydroxyl groups is 1. The van der Waals surface area contributed by atoms with E-state index < -0.39 is 79.6 Å². The van der Waals surface area contributed by atoms with E-state index in [0.717, 1.165) is 16.7 Å². The van der Waals surface area contributed by atoms with Gasteiger partial charge in [0.1, 0.15) is 49.8 Å². The van der Waals surface area contributed by atoms with E-state index in [1.165, 1.54) is 27.5 Å². The molecule has 1 amide bonds. The van der Waals surface area contributed by atoms with Crippen LogP contribution in [0, 0.1) is 12.8 Å². The van der Waals surface area contributed by atoms with E-state index in [1.54, 1.807) is 39.6 Å². The van der Waals surface area contributed by atoms with Gasteiger partial charge >= 0.3 is 5.69 Å². The third kappa shape index (κ3) is 11.3. The van der Waals surface area contributed by atoms with Crippen molar-refractivity contribution in [2.45, 2.75) is 95.0 Å². The molecule has 7 atom stereocenters. The molecule has 2 aliphatic heterocycles. The average molecular weight is 1100 g/mol. The lowest BCUT2D eigenvalue weighted by Gasteiger charge is -2.39. The van der Waals surface area contributed by atoms with Gasteiger partial charge in [-0.2, -0.15) is 4.98 Å². The van der Waals surface area contributed by atoms with Gasteiger partial charge in [0.25, 0.3) is 11.1 Å². The largest absolute Gasteiger partial charge is 0.497 e. The molecule has 0 radical (unpaired) electrons. The number of aryl methyl sites for hydroxylation is 1. The van der Waals surface area contributed by atoms with E-state index >= 15 is 0 Å². The van der Waals surface area contributed by atoms with Crippen LogP contribution in [0.15, 0.2) is 166 Å². The second-order valence-electron chi connectivity index (χ2n) is 20.6. The molecular weight excluding hydrogens is 1040 g/mol. The van der Waals surface area contributed by atoms with Crippen LogP contribution in [-0.2, 0) is 34.1 Å². The van der Waals surface area contributed by atoms with Crippen molar-refractivity contribution in [3.63, 3.8) is 0 Å². The van der Waals surface area contributed by atoms with Crippen LogP contribution in [0.3, 0.4) is 0 Å². The topological polar surface area (TPSA) is 232 Å². The zero-order valence-corrected chi connectivity index (χ0v) is 46.3. The lowest BCUT2D eigenvalue weighted by molar-refractivity contribution is -0.234. The van der Waals surface area contributed by atoms with Gasteiger partial charge in [0.15, 0.2) is 17.5 Å². The van der Waals surface area contributed by atoms with Gasteiger partial charge in [0.2, 0.25) is 11.9 Å². The summed E-state index contributed by atoms with van der Waals surface area (Å²) in [6.45, 7) is 7.33. The third-order valence-electron chi connectivity index (χ3n) is 15.2. The van der Waals surface area contributed by atoms with Gasteiger partial charge in [0.05, 0.1) is 39.4 Å². The number of amides is 1. The quantitative estimate of drug-likeness (QED) is 0.0359. The molecule has 10 rings (SSSR count). The normalized spacial score (nSPS) is 19.8. The molecule has 8 aromatic rings. The molecule has 0 aliphatic carbocycles. The van der Waals surface area contributed by atoms with Crippen LogP contribution in [0.1, 0.15) is 61.4 Å². The van der Waals surface area contributed by atoms with Crippen molar-refractivity contribution < 1.29 is 43.1 Å². The van der Waals surface area contributed by atoms with Crippen LogP contribution < -0.4 is 42.0 Å². The number of aromatic amines is 2. The average Bonchev–Trinajstić information content (AvgIpc) is 4.27. The van der Waals surface area contributed by atoms with Crippen LogP contribution in [0.2, 0.25) is 12.6 Å². The first-order valence-corrected chi connectivity index (χ1v) is 29.3. The molecule has 3 aromatic heterocycles. The summed E-state index contributed by atoms with van der Waals surface area (Å²) in [5.41, 5.74) is -0.332. The maximum atomic E-state index is 13.6. The number of methoxy groups -OCH3 is 2. The highest BCUT2D eigenvalue weighted by Crippen LogP contribution is 2.46. The Bertz CT molecular complexity index is 3490. The Morgan fingerprint density at radius 2 is 1.34 bits per heavy atom. The number of nitrogens with zero attached hydrogens (tertiary/aromatic N) is 4. The van der Waals surface area contributed by atoms with Crippen molar-refractivity contribution in [2.24, 2.45) is 5.92 Å². The van der Waals surface area contributed by atoms with Crippen molar-refractivity contribution in [3.05, 3.63) is 205 Å². The Kier molecular flexibility index (Phi) is 16.6. The first kappa shape index (κ1) is 55.5. The smallest absolute Gasteiger partial charge is 0.330 e. The Labute approximate surface area is 462 Å². The molecular formula is C60H65N7O12Si. The van der Waals surface area contributed by atoms with Crippen LogP contribution in [-0.4, -0.2) is 106 Å². The van der Waals surface area contributed by atoms with E-state index in [2.05, 4.69) is 56.1 Å². The molecule has 2 fully saturated rings. The van der Waals surface area contributed by atoms with Crippen molar-refractivity contribution in [3.8, 4) is 11.5 Å². The first-order chi connectivity index (χ1) is 38.7. The summed E-state index contributed by atoms with van der Waals surface area (Å²) in [7, 11) is 0.734. The molecule has 5 heterocycles. The van der Waals surface area contributed by atoms with Crippen molar-refractivity contribution in [1.29, 1.82) is 0 Å². The predicted octanol–water partition coefficient (Wildman–Crippen LogP) is 6.16. The van der Waals surface area contributed by atoms with Crippen molar-refractivity contribution in [1.82, 2.24) is 29.1 Å². The van der Waals surface area contributed by atoms with Gasteiger partial charge in [-0.05, 0) is 53.9 Å². The fraction of sp³-hybridized carbons (Fsp3) is 0.333. The molecule has 1 unspecified atom stereocenters. The number of anilines is 1. The second-order valence-corrected chi connectivity index (χ2v) is 25.0. The number of ether oxygens (including phenoxy) is 7. The number of H-pyrrole nitrogens is 2. The Balaban J connectivity index is 1.05. The van der Waals surface area contributed by atoms with E-state index in [-0.39, 0.29) is 54.6 Å². The maximum absolute atomic E-state index is 13.6. The molecule has 20 heteroatoms. The number of hydrogen-bond donors (Lipinski definition) is 4. The van der Waals surface area contributed by atoms with E-state index in [4.69, 9.17) is 33.2 Å². The molecule has 2 saturated heterocycles. The summed E-state index contributed by atoms with van der Waals surface area (Å²) in [4.78, 5) is 66.2. The number of fused-ring (bicyclic) bond motifs is 1. The number of rotatable bonds is 21. The molecule has 0 bridgehead atoms. The molecule has 2 aliphatic rings. The summed E-state index contributed by atoms with van der Waals surface area (Å²) in [6, 6.07) is 46.4. The minimum Gasteiger partial charge on any atom is -0.497 e. The lowest BCUT2D eigenvalue weighted by atomic mass is 9.79. The molecule has 416 valence electrons. The van der Waals surface area contributed by atoms with Gasteiger partial charge in [-0.3, -0.25) is 38.8 Å². The zero-order chi connectivity index (χ0) is 56.1. The fourth-order valence-electron chi connectivity index (χ4n) is 10.6. The summed E-state index contributed by atoms with van der Waals surface area (Å²) in [5.74, 6) is 0.481. The summed E-state index contributed by atoms with van der Waals surface area (Å²) in [6.07, 6.45) is -4.15. The lowest BCUT2D eigenvalue weighted by Crippen LogP contribution is -2.56. The van der Waals surface area contributed by atoms with Gasteiger partial charge < -0.3 is 38.3 Å². The molecule has 5 aromatic carbocycles. The van der Waals surface area contributed by atoms with E-state index in [9.17, 15) is 24.3 Å². The fourth-order valence-corrected chi connectivity index (χ4v) is 13.9. The molecule has 0 saturated carbocycles. The van der Waals surface area contributed by atoms with Crippen LogP contribution in [0.5, 0.6) is 11.5 Å². The number of imidazole rings is 1. The number of benzene rings is 5.